The van der Waals surface area contributed by atoms with Crippen LogP contribution in [0.4, 0.5) is 5.69 Å². The third-order valence-corrected chi connectivity index (χ3v) is 4.50. The number of aliphatic hydroxyl groups is 1. The summed E-state index contributed by atoms with van der Waals surface area (Å²) in [4.78, 5) is 4.15. The minimum atomic E-state index is -3.60. The number of nitrogens with zero attached hydrogens (tertiary/aromatic N) is 1. The maximum atomic E-state index is 12.3. The molecule has 2 N–H and O–H groups in total. The number of benzene rings is 1. The Bertz CT molecular complexity index is 697. The van der Waals surface area contributed by atoms with Crippen LogP contribution in [0.25, 0.3) is 0 Å². The van der Waals surface area contributed by atoms with Crippen molar-refractivity contribution in [3.05, 3.63) is 53.9 Å². The van der Waals surface area contributed by atoms with Crippen LogP contribution >= 0.6 is 0 Å². The van der Waals surface area contributed by atoms with Crippen molar-refractivity contribution in [2.24, 2.45) is 0 Å². The number of sulfonamides is 1. The summed E-state index contributed by atoms with van der Waals surface area (Å²) in [6.07, 6.45) is 4.55. The lowest BCUT2D eigenvalue weighted by Gasteiger charge is -2.10. The fourth-order valence-electron chi connectivity index (χ4n) is 1.91. The van der Waals surface area contributed by atoms with Crippen molar-refractivity contribution in [2.45, 2.75) is 24.7 Å². The number of hydrogen-bond acceptors (Lipinski definition) is 4. The van der Waals surface area contributed by atoms with E-state index < -0.39 is 10.0 Å². The van der Waals surface area contributed by atoms with Crippen molar-refractivity contribution in [3.8, 4) is 0 Å². The molecule has 0 spiro atoms. The SMILES string of the molecule is Cc1cnccc1NS(=O)(=O)c1ccc(CCCO)cc1. The van der Waals surface area contributed by atoms with Gasteiger partial charge in [0.15, 0.2) is 0 Å². The summed E-state index contributed by atoms with van der Waals surface area (Å²) < 4.78 is 27.2. The van der Waals surface area contributed by atoms with Gasteiger partial charge in [0.1, 0.15) is 0 Å². The molecule has 0 radical (unpaired) electrons. The normalized spacial score (nSPS) is 11.3. The maximum absolute atomic E-state index is 12.3. The van der Waals surface area contributed by atoms with E-state index in [2.05, 4.69) is 9.71 Å². The largest absolute Gasteiger partial charge is 0.396 e. The van der Waals surface area contributed by atoms with Crippen LogP contribution in [0.1, 0.15) is 17.5 Å². The third kappa shape index (κ3) is 4.03. The molecule has 0 aliphatic carbocycles. The second kappa shape index (κ2) is 6.69. The van der Waals surface area contributed by atoms with Gasteiger partial charge in [0.25, 0.3) is 10.0 Å². The summed E-state index contributed by atoms with van der Waals surface area (Å²) in [5, 5.41) is 8.79. The highest BCUT2D eigenvalue weighted by Gasteiger charge is 2.14. The van der Waals surface area contributed by atoms with E-state index in [0.717, 1.165) is 17.5 Å². The lowest BCUT2D eigenvalue weighted by molar-refractivity contribution is 0.288. The molecule has 0 bridgehead atoms. The minimum Gasteiger partial charge on any atom is -0.396 e. The van der Waals surface area contributed by atoms with E-state index in [1.165, 1.54) is 0 Å². The molecule has 0 aliphatic heterocycles. The molecule has 0 saturated heterocycles. The number of aryl methyl sites for hydroxylation is 2. The zero-order chi connectivity index (χ0) is 15.3. The third-order valence-electron chi connectivity index (χ3n) is 3.12. The predicted molar refractivity (Wildman–Crippen MR) is 81.6 cm³/mol. The van der Waals surface area contributed by atoms with Crippen molar-refractivity contribution in [1.29, 1.82) is 0 Å². The van der Waals surface area contributed by atoms with E-state index in [0.29, 0.717) is 12.1 Å². The highest BCUT2D eigenvalue weighted by Crippen LogP contribution is 2.19. The standard InChI is InChI=1S/C15H18N2O3S/c1-12-11-16-9-8-15(12)17-21(19,20)14-6-4-13(5-7-14)3-2-10-18/h4-9,11,18H,2-3,10H2,1H3,(H,16,17). The summed E-state index contributed by atoms with van der Waals surface area (Å²) in [5.41, 5.74) is 2.29. The number of hydrogen-bond donors (Lipinski definition) is 2. The van der Waals surface area contributed by atoms with Crippen LogP contribution in [0.3, 0.4) is 0 Å². The minimum absolute atomic E-state index is 0.128. The summed E-state index contributed by atoms with van der Waals surface area (Å²) >= 11 is 0. The molecule has 0 aliphatic rings. The molecule has 0 saturated carbocycles. The molecule has 5 nitrogen and oxygen atoms in total. The predicted octanol–water partition coefficient (Wildman–Crippen LogP) is 2.12. The Balaban J connectivity index is 2.18. The molecule has 6 heteroatoms. The number of rotatable bonds is 6. The van der Waals surface area contributed by atoms with Crippen molar-refractivity contribution < 1.29 is 13.5 Å². The number of pyridine rings is 1. The van der Waals surface area contributed by atoms with Gasteiger partial charge in [0.05, 0.1) is 10.6 Å². The molecule has 1 heterocycles. The Hall–Kier alpha value is -1.92. The summed E-state index contributed by atoms with van der Waals surface area (Å²) in [7, 11) is -3.60. The molecule has 0 amide bonds. The van der Waals surface area contributed by atoms with Crippen LogP contribution in [-0.2, 0) is 16.4 Å². The van der Waals surface area contributed by atoms with Gasteiger partial charge in [-0.05, 0) is 49.1 Å². The molecule has 2 rings (SSSR count). The Morgan fingerprint density at radius 2 is 1.90 bits per heavy atom. The van der Waals surface area contributed by atoms with Gasteiger partial charge < -0.3 is 5.11 Å². The molecule has 1 aromatic heterocycles. The van der Waals surface area contributed by atoms with Crippen LogP contribution < -0.4 is 4.72 Å². The van der Waals surface area contributed by atoms with Crippen LogP contribution in [-0.4, -0.2) is 25.1 Å². The number of nitrogens with one attached hydrogen (secondary N) is 1. The highest BCUT2D eigenvalue weighted by molar-refractivity contribution is 7.92. The molecule has 1 aromatic carbocycles. The lowest BCUT2D eigenvalue weighted by atomic mass is 10.1. The van der Waals surface area contributed by atoms with E-state index in [1.807, 2.05) is 0 Å². The fourth-order valence-corrected chi connectivity index (χ4v) is 3.04. The monoisotopic (exact) mass is 306 g/mol. The molecular weight excluding hydrogens is 288 g/mol. The van der Waals surface area contributed by atoms with E-state index in [4.69, 9.17) is 5.11 Å². The first-order valence-electron chi connectivity index (χ1n) is 6.66. The summed E-state index contributed by atoms with van der Waals surface area (Å²) in [6.45, 7) is 1.92. The van der Waals surface area contributed by atoms with E-state index in [-0.39, 0.29) is 11.5 Å². The van der Waals surface area contributed by atoms with Gasteiger partial charge >= 0.3 is 0 Å². The highest BCUT2D eigenvalue weighted by atomic mass is 32.2. The van der Waals surface area contributed by atoms with E-state index in [9.17, 15) is 8.42 Å². The molecule has 21 heavy (non-hydrogen) atoms. The maximum Gasteiger partial charge on any atom is 0.261 e. The first-order valence-corrected chi connectivity index (χ1v) is 8.14. The summed E-state index contributed by atoms with van der Waals surface area (Å²) in [6, 6.07) is 8.31. The van der Waals surface area contributed by atoms with Crippen LogP contribution in [0.2, 0.25) is 0 Å². The smallest absolute Gasteiger partial charge is 0.261 e. The molecular formula is C15H18N2O3S. The van der Waals surface area contributed by atoms with Gasteiger partial charge in [-0.2, -0.15) is 0 Å². The van der Waals surface area contributed by atoms with Gasteiger partial charge in [-0.1, -0.05) is 12.1 Å². The molecule has 2 aromatic rings. The average molecular weight is 306 g/mol. The Morgan fingerprint density at radius 3 is 2.52 bits per heavy atom. The Kier molecular flexibility index (Phi) is 4.93. The van der Waals surface area contributed by atoms with Crippen LogP contribution in [0.15, 0.2) is 47.6 Å². The zero-order valence-corrected chi connectivity index (χ0v) is 12.6. The Morgan fingerprint density at radius 1 is 1.19 bits per heavy atom. The van der Waals surface area contributed by atoms with E-state index in [1.54, 1.807) is 49.6 Å². The molecule has 0 unspecified atom stereocenters. The zero-order valence-electron chi connectivity index (χ0n) is 11.8. The fraction of sp³-hybridized carbons (Fsp3) is 0.267. The van der Waals surface area contributed by atoms with Crippen molar-refractivity contribution in [3.63, 3.8) is 0 Å². The van der Waals surface area contributed by atoms with Crippen LogP contribution in [0.5, 0.6) is 0 Å². The van der Waals surface area contributed by atoms with Gasteiger partial charge in [-0.25, -0.2) is 8.42 Å². The van der Waals surface area contributed by atoms with Gasteiger partial charge in [0.2, 0.25) is 0 Å². The average Bonchev–Trinajstić information content (AvgIpc) is 2.48. The van der Waals surface area contributed by atoms with Crippen molar-refractivity contribution in [1.82, 2.24) is 4.98 Å². The van der Waals surface area contributed by atoms with Gasteiger partial charge in [0, 0.05) is 19.0 Å². The van der Waals surface area contributed by atoms with E-state index >= 15 is 0 Å². The molecule has 0 atom stereocenters. The van der Waals surface area contributed by atoms with Crippen molar-refractivity contribution >= 4 is 15.7 Å². The van der Waals surface area contributed by atoms with Gasteiger partial charge in [-0.3, -0.25) is 9.71 Å². The second-order valence-corrected chi connectivity index (χ2v) is 6.45. The quantitative estimate of drug-likeness (QED) is 0.856. The summed E-state index contributed by atoms with van der Waals surface area (Å²) in [5.74, 6) is 0. The van der Waals surface area contributed by atoms with Gasteiger partial charge in [-0.15, -0.1) is 0 Å². The number of aliphatic hydroxyl groups excluding tert-OH is 1. The lowest BCUT2D eigenvalue weighted by Crippen LogP contribution is -2.13. The first kappa shape index (κ1) is 15.5. The van der Waals surface area contributed by atoms with Crippen LogP contribution in [0, 0.1) is 6.92 Å². The number of aromatic nitrogens is 1. The first-order chi connectivity index (χ1) is 10.0. The topological polar surface area (TPSA) is 79.3 Å². The second-order valence-electron chi connectivity index (χ2n) is 4.77. The molecule has 0 fully saturated rings. The Labute approximate surface area is 124 Å². The van der Waals surface area contributed by atoms with Crippen molar-refractivity contribution in [2.75, 3.05) is 11.3 Å². The number of anilines is 1. The molecule has 112 valence electrons.